The SMILES string of the molecule is C=CCCCCCC(NN)c1c(F)cccc1Br. The molecule has 1 unspecified atom stereocenters. The van der Waals surface area contributed by atoms with Crippen molar-refractivity contribution in [3.63, 3.8) is 0 Å². The summed E-state index contributed by atoms with van der Waals surface area (Å²) in [5.74, 6) is 5.31. The number of rotatable bonds is 8. The Morgan fingerprint density at radius 2 is 2.17 bits per heavy atom. The minimum Gasteiger partial charge on any atom is -0.271 e. The summed E-state index contributed by atoms with van der Waals surface area (Å²) in [7, 11) is 0. The zero-order valence-electron chi connectivity index (χ0n) is 10.5. The molecule has 1 aromatic rings. The van der Waals surface area contributed by atoms with Gasteiger partial charge in [0.2, 0.25) is 0 Å². The summed E-state index contributed by atoms with van der Waals surface area (Å²) in [6.07, 6.45) is 7.03. The molecule has 0 aliphatic carbocycles. The molecule has 0 fully saturated rings. The van der Waals surface area contributed by atoms with E-state index in [-0.39, 0.29) is 11.9 Å². The molecule has 100 valence electrons. The molecular formula is C14H20BrFN2. The van der Waals surface area contributed by atoms with Gasteiger partial charge in [0.1, 0.15) is 5.82 Å². The fourth-order valence-corrected chi connectivity index (χ4v) is 2.59. The van der Waals surface area contributed by atoms with Crippen molar-refractivity contribution in [3.8, 4) is 0 Å². The van der Waals surface area contributed by atoms with Crippen molar-refractivity contribution < 1.29 is 4.39 Å². The minimum absolute atomic E-state index is 0.149. The maximum Gasteiger partial charge on any atom is 0.129 e. The van der Waals surface area contributed by atoms with Crippen molar-refractivity contribution in [2.75, 3.05) is 0 Å². The molecule has 0 heterocycles. The van der Waals surface area contributed by atoms with E-state index in [1.54, 1.807) is 6.07 Å². The Balaban J connectivity index is 2.57. The van der Waals surface area contributed by atoms with E-state index in [0.717, 1.165) is 36.6 Å². The molecule has 0 aliphatic heterocycles. The molecule has 0 aliphatic rings. The maximum absolute atomic E-state index is 13.8. The molecule has 0 bridgehead atoms. The second kappa shape index (κ2) is 8.40. The number of benzene rings is 1. The van der Waals surface area contributed by atoms with Crippen LogP contribution in [0.1, 0.15) is 43.7 Å². The average Bonchev–Trinajstić information content (AvgIpc) is 2.36. The van der Waals surface area contributed by atoms with Crippen LogP contribution in [0.3, 0.4) is 0 Å². The van der Waals surface area contributed by atoms with E-state index >= 15 is 0 Å². The first-order chi connectivity index (χ1) is 8.70. The summed E-state index contributed by atoms with van der Waals surface area (Å²) in [6.45, 7) is 3.69. The van der Waals surface area contributed by atoms with E-state index in [9.17, 15) is 4.39 Å². The highest BCUT2D eigenvalue weighted by Crippen LogP contribution is 2.29. The predicted octanol–water partition coefficient (Wildman–Crippen LogP) is 4.23. The first-order valence-corrected chi connectivity index (χ1v) is 7.01. The molecule has 0 radical (unpaired) electrons. The van der Waals surface area contributed by atoms with Crippen LogP contribution in [-0.4, -0.2) is 0 Å². The Bertz CT molecular complexity index is 362. The largest absolute Gasteiger partial charge is 0.271 e. The number of unbranched alkanes of at least 4 members (excludes halogenated alkanes) is 3. The molecule has 0 saturated heterocycles. The van der Waals surface area contributed by atoms with Crippen molar-refractivity contribution in [1.29, 1.82) is 0 Å². The summed E-state index contributed by atoms with van der Waals surface area (Å²) in [5.41, 5.74) is 3.32. The van der Waals surface area contributed by atoms with E-state index in [1.165, 1.54) is 6.07 Å². The Morgan fingerprint density at radius 3 is 2.78 bits per heavy atom. The number of hydrogen-bond donors (Lipinski definition) is 2. The lowest BCUT2D eigenvalue weighted by Crippen LogP contribution is -2.29. The molecule has 2 nitrogen and oxygen atoms in total. The Hall–Kier alpha value is -0.710. The molecule has 0 amide bonds. The van der Waals surface area contributed by atoms with Crippen molar-refractivity contribution in [3.05, 3.63) is 46.7 Å². The summed E-state index contributed by atoms with van der Waals surface area (Å²) in [5, 5.41) is 0. The summed E-state index contributed by atoms with van der Waals surface area (Å²) < 4.78 is 14.5. The van der Waals surface area contributed by atoms with Gasteiger partial charge in [-0.25, -0.2) is 4.39 Å². The second-order valence-corrected chi connectivity index (χ2v) is 5.14. The van der Waals surface area contributed by atoms with Gasteiger partial charge in [-0.15, -0.1) is 6.58 Å². The van der Waals surface area contributed by atoms with E-state index in [0.29, 0.717) is 5.56 Å². The highest BCUT2D eigenvalue weighted by Gasteiger charge is 2.16. The van der Waals surface area contributed by atoms with E-state index in [1.807, 2.05) is 12.1 Å². The van der Waals surface area contributed by atoms with Gasteiger partial charge in [-0.3, -0.25) is 11.3 Å². The van der Waals surface area contributed by atoms with E-state index < -0.39 is 0 Å². The van der Waals surface area contributed by atoms with Gasteiger partial charge < -0.3 is 0 Å². The van der Waals surface area contributed by atoms with Crippen LogP contribution in [-0.2, 0) is 0 Å². The van der Waals surface area contributed by atoms with Crippen LogP contribution >= 0.6 is 15.9 Å². The Kier molecular flexibility index (Phi) is 7.16. The van der Waals surface area contributed by atoms with Gasteiger partial charge in [0.15, 0.2) is 0 Å². The first kappa shape index (κ1) is 15.3. The van der Waals surface area contributed by atoms with E-state index in [4.69, 9.17) is 5.84 Å². The smallest absolute Gasteiger partial charge is 0.129 e. The summed E-state index contributed by atoms with van der Waals surface area (Å²) in [4.78, 5) is 0. The molecule has 3 N–H and O–H groups in total. The van der Waals surface area contributed by atoms with Crippen LogP contribution in [0.5, 0.6) is 0 Å². The molecule has 18 heavy (non-hydrogen) atoms. The maximum atomic E-state index is 13.8. The molecule has 0 spiro atoms. The summed E-state index contributed by atoms with van der Waals surface area (Å²) >= 11 is 3.37. The van der Waals surface area contributed by atoms with Gasteiger partial charge in [-0.05, 0) is 31.4 Å². The van der Waals surface area contributed by atoms with Crippen molar-refractivity contribution >= 4 is 15.9 Å². The molecule has 0 aromatic heterocycles. The number of nitrogens with two attached hydrogens (primary N) is 1. The zero-order valence-corrected chi connectivity index (χ0v) is 12.0. The van der Waals surface area contributed by atoms with Crippen LogP contribution in [0, 0.1) is 5.82 Å². The number of nitrogens with one attached hydrogen (secondary N) is 1. The third-order valence-corrected chi connectivity index (χ3v) is 3.64. The second-order valence-electron chi connectivity index (χ2n) is 4.28. The summed E-state index contributed by atoms with van der Waals surface area (Å²) in [6, 6.07) is 4.83. The Labute approximate surface area is 117 Å². The average molecular weight is 315 g/mol. The quantitative estimate of drug-likeness (QED) is 0.326. The predicted molar refractivity (Wildman–Crippen MR) is 77.4 cm³/mol. The van der Waals surface area contributed by atoms with Crippen LogP contribution in [0.4, 0.5) is 4.39 Å². The first-order valence-electron chi connectivity index (χ1n) is 6.21. The molecule has 1 atom stereocenters. The molecular weight excluding hydrogens is 295 g/mol. The number of halogens is 2. The zero-order chi connectivity index (χ0) is 13.4. The highest BCUT2D eigenvalue weighted by atomic mass is 79.9. The molecule has 1 rings (SSSR count). The normalized spacial score (nSPS) is 12.4. The van der Waals surface area contributed by atoms with Crippen LogP contribution in [0.2, 0.25) is 0 Å². The lowest BCUT2D eigenvalue weighted by molar-refractivity contribution is 0.460. The number of hydrogen-bond acceptors (Lipinski definition) is 2. The van der Waals surface area contributed by atoms with Crippen molar-refractivity contribution in [2.24, 2.45) is 5.84 Å². The molecule has 1 aromatic carbocycles. The third kappa shape index (κ3) is 4.52. The van der Waals surface area contributed by atoms with E-state index in [2.05, 4.69) is 27.9 Å². The van der Waals surface area contributed by atoms with Crippen molar-refractivity contribution in [1.82, 2.24) is 5.43 Å². The monoisotopic (exact) mass is 314 g/mol. The van der Waals surface area contributed by atoms with Gasteiger partial charge in [-0.1, -0.05) is 40.9 Å². The standard InChI is InChI=1S/C14H20BrFN2/c1-2-3-4-5-6-10-13(18-17)14-11(15)8-7-9-12(14)16/h2,7-9,13,18H,1,3-6,10,17H2. The van der Waals surface area contributed by atoms with Gasteiger partial charge >= 0.3 is 0 Å². The minimum atomic E-state index is -0.224. The Morgan fingerprint density at radius 1 is 1.39 bits per heavy atom. The fraction of sp³-hybridized carbons (Fsp3) is 0.429. The topological polar surface area (TPSA) is 38.0 Å². The molecule has 4 heteroatoms. The lowest BCUT2D eigenvalue weighted by Gasteiger charge is -2.18. The van der Waals surface area contributed by atoms with Gasteiger partial charge in [0.05, 0.1) is 0 Å². The highest BCUT2D eigenvalue weighted by molar-refractivity contribution is 9.10. The van der Waals surface area contributed by atoms with Crippen LogP contribution in [0.15, 0.2) is 35.3 Å². The fourth-order valence-electron chi connectivity index (χ4n) is 1.97. The number of hydrazine groups is 1. The molecule has 0 saturated carbocycles. The van der Waals surface area contributed by atoms with Crippen molar-refractivity contribution in [2.45, 2.75) is 38.1 Å². The third-order valence-electron chi connectivity index (χ3n) is 2.95. The van der Waals surface area contributed by atoms with Crippen LogP contribution in [0.25, 0.3) is 0 Å². The lowest BCUT2D eigenvalue weighted by atomic mass is 10.00. The van der Waals surface area contributed by atoms with Gasteiger partial charge in [-0.2, -0.15) is 0 Å². The van der Waals surface area contributed by atoms with Crippen LogP contribution < -0.4 is 11.3 Å². The van der Waals surface area contributed by atoms with Gasteiger partial charge in [0, 0.05) is 16.1 Å². The number of allylic oxidation sites excluding steroid dienone is 1. The van der Waals surface area contributed by atoms with Gasteiger partial charge in [0.25, 0.3) is 0 Å².